The summed E-state index contributed by atoms with van der Waals surface area (Å²) in [5.41, 5.74) is -0.290. The maximum Gasteiger partial charge on any atom is 0.332 e. The molecule has 2 aromatic rings. The molecule has 1 aromatic heterocycles. The third kappa shape index (κ3) is 4.00. The molecule has 0 unspecified atom stereocenters. The summed E-state index contributed by atoms with van der Waals surface area (Å²) in [6.07, 6.45) is 1.48. The van der Waals surface area contributed by atoms with Gasteiger partial charge < -0.3 is 10.2 Å². The van der Waals surface area contributed by atoms with Crippen LogP contribution in [0.1, 0.15) is 25.3 Å². The third-order valence-corrected chi connectivity index (χ3v) is 5.22. The van der Waals surface area contributed by atoms with E-state index >= 15 is 0 Å². The maximum absolute atomic E-state index is 13.7. The van der Waals surface area contributed by atoms with Crippen LogP contribution >= 0.6 is 0 Å². The lowest BCUT2D eigenvalue weighted by molar-refractivity contribution is -0.125. The van der Waals surface area contributed by atoms with E-state index in [4.69, 9.17) is 0 Å². The zero-order valence-corrected chi connectivity index (χ0v) is 16.2. The van der Waals surface area contributed by atoms with Crippen LogP contribution in [0.3, 0.4) is 0 Å². The van der Waals surface area contributed by atoms with Gasteiger partial charge in [-0.3, -0.25) is 18.7 Å². The Morgan fingerprint density at radius 1 is 1.29 bits per heavy atom. The molecule has 1 fully saturated rings. The molecule has 7 nitrogen and oxygen atoms in total. The Labute approximate surface area is 162 Å². The average Bonchev–Trinajstić information content (AvgIpc) is 2.71. The van der Waals surface area contributed by atoms with Crippen LogP contribution < -0.4 is 21.5 Å². The number of aromatic nitrogens is 2. The van der Waals surface area contributed by atoms with Crippen molar-refractivity contribution in [1.29, 1.82) is 0 Å². The topological polar surface area (TPSA) is 76.3 Å². The molecule has 3 rings (SSSR count). The van der Waals surface area contributed by atoms with E-state index < -0.39 is 0 Å². The Kier molecular flexibility index (Phi) is 5.96. The first-order chi connectivity index (χ1) is 13.4. The summed E-state index contributed by atoms with van der Waals surface area (Å²) < 4.78 is 16.4. The molecule has 8 heteroatoms. The van der Waals surface area contributed by atoms with Crippen molar-refractivity contribution in [3.8, 4) is 0 Å². The van der Waals surface area contributed by atoms with Crippen molar-refractivity contribution in [3.05, 3.63) is 62.6 Å². The van der Waals surface area contributed by atoms with Gasteiger partial charge in [-0.1, -0.05) is 18.2 Å². The number of nitrogens with zero attached hydrogens (tertiary/aromatic N) is 3. The first-order valence-corrected chi connectivity index (χ1v) is 9.49. The second-order valence-corrected chi connectivity index (χ2v) is 7.02. The molecule has 0 saturated carbocycles. The van der Waals surface area contributed by atoms with E-state index in [0.29, 0.717) is 37.4 Å². The van der Waals surface area contributed by atoms with E-state index in [-0.39, 0.29) is 35.4 Å². The fraction of sp³-hybridized carbons (Fsp3) is 0.450. The zero-order chi connectivity index (χ0) is 20.3. The first kappa shape index (κ1) is 19.9. The van der Waals surface area contributed by atoms with Crippen molar-refractivity contribution in [1.82, 2.24) is 14.5 Å². The van der Waals surface area contributed by atoms with Crippen molar-refractivity contribution in [3.63, 3.8) is 0 Å². The Morgan fingerprint density at radius 3 is 2.75 bits per heavy atom. The fourth-order valence-corrected chi connectivity index (χ4v) is 3.59. The van der Waals surface area contributed by atoms with Gasteiger partial charge in [0, 0.05) is 44.9 Å². The van der Waals surface area contributed by atoms with Gasteiger partial charge in [-0.2, -0.15) is 0 Å². The summed E-state index contributed by atoms with van der Waals surface area (Å²) in [4.78, 5) is 39.0. The Bertz CT molecular complexity index is 982. The first-order valence-electron chi connectivity index (χ1n) is 9.49. The van der Waals surface area contributed by atoms with Crippen LogP contribution in [-0.4, -0.2) is 28.1 Å². The molecule has 2 heterocycles. The van der Waals surface area contributed by atoms with Gasteiger partial charge in [0.25, 0.3) is 5.56 Å². The number of halogens is 1. The van der Waals surface area contributed by atoms with Crippen LogP contribution in [0.2, 0.25) is 0 Å². The van der Waals surface area contributed by atoms with Crippen molar-refractivity contribution in [2.75, 3.05) is 18.0 Å². The number of piperidine rings is 1. The summed E-state index contributed by atoms with van der Waals surface area (Å²) >= 11 is 0. The molecule has 1 N–H and O–H groups in total. The molecule has 0 aliphatic carbocycles. The lowest BCUT2D eigenvalue weighted by Gasteiger charge is -2.34. The van der Waals surface area contributed by atoms with Crippen molar-refractivity contribution in [2.24, 2.45) is 13.0 Å². The Hall–Kier alpha value is -2.90. The van der Waals surface area contributed by atoms with E-state index in [1.165, 1.54) is 19.2 Å². The molecule has 1 aliphatic heterocycles. The predicted octanol–water partition coefficient (Wildman–Crippen LogP) is 1.24. The lowest BCUT2D eigenvalue weighted by Crippen LogP contribution is -2.47. The zero-order valence-electron chi connectivity index (χ0n) is 16.2. The molecular weight excluding hydrogens is 363 g/mol. The summed E-state index contributed by atoms with van der Waals surface area (Å²) in [5, 5.41) is 2.80. The normalized spacial score (nSPS) is 16.8. The molecular formula is C20H25FN4O3. The molecule has 1 amide bonds. The molecule has 1 atom stereocenters. The second-order valence-electron chi connectivity index (χ2n) is 7.02. The summed E-state index contributed by atoms with van der Waals surface area (Å²) in [6.45, 7) is 3.49. The highest BCUT2D eigenvalue weighted by atomic mass is 19.1. The van der Waals surface area contributed by atoms with Crippen LogP contribution in [0.5, 0.6) is 0 Å². The van der Waals surface area contributed by atoms with Gasteiger partial charge >= 0.3 is 5.69 Å². The van der Waals surface area contributed by atoms with E-state index in [1.807, 2.05) is 11.8 Å². The van der Waals surface area contributed by atoms with Gasteiger partial charge in [-0.25, -0.2) is 9.18 Å². The van der Waals surface area contributed by atoms with E-state index in [9.17, 15) is 18.8 Å². The molecule has 0 bridgehead atoms. The molecule has 0 spiro atoms. The van der Waals surface area contributed by atoms with Crippen molar-refractivity contribution < 1.29 is 9.18 Å². The minimum atomic E-state index is -0.365. The molecule has 150 valence electrons. The van der Waals surface area contributed by atoms with Crippen molar-refractivity contribution >= 4 is 11.7 Å². The van der Waals surface area contributed by atoms with Gasteiger partial charge in [0.2, 0.25) is 5.91 Å². The van der Waals surface area contributed by atoms with Crippen LogP contribution in [0.25, 0.3) is 0 Å². The number of hydrogen-bond acceptors (Lipinski definition) is 4. The SMILES string of the molecule is CCn1c(N2CCC[C@@H](C(=O)NCc3ccccc3F)C2)cc(=O)n(C)c1=O. The summed E-state index contributed by atoms with van der Waals surface area (Å²) in [6, 6.07) is 7.79. The summed E-state index contributed by atoms with van der Waals surface area (Å²) in [7, 11) is 1.45. The number of hydrogen-bond donors (Lipinski definition) is 1. The van der Waals surface area contributed by atoms with E-state index in [1.54, 1.807) is 22.8 Å². The van der Waals surface area contributed by atoms with Crippen LogP contribution in [0.4, 0.5) is 10.2 Å². The maximum atomic E-state index is 13.7. The van der Waals surface area contributed by atoms with Gasteiger partial charge in [0.1, 0.15) is 11.6 Å². The number of rotatable bonds is 5. The van der Waals surface area contributed by atoms with E-state index in [2.05, 4.69) is 5.32 Å². The van der Waals surface area contributed by atoms with Gasteiger partial charge in [-0.15, -0.1) is 0 Å². The van der Waals surface area contributed by atoms with Gasteiger partial charge in [-0.05, 0) is 25.8 Å². The average molecular weight is 388 g/mol. The largest absolute Gasteiger partial charge is 0.357 e. The number of nitrogens with one attached hydrogen (secondary N) is 1. The van der Waals surface area contributed by atoms with E-state index in [0.717, 1.165) is 11.0 Å². The summed E-state index contributed by atoms with van der Waals surface area (Å²) in [5.74, 6) is -0.241. The molecule has 28 heavy (non-hydrogen) atoms. The fourth-order valence-electron chi connectivity index (χ4n) is 3.59. The van der Waals surface area contributed by atoms with Gasteiger partial charge in [0.05, 0.1) is 5.92 Å². The number of amides is 1. The second kappa shape index (κ2) is 8.41. The van der Waals surface area contributed by atoms with Crippen LogP contribution in [0, 0.1) is 11.7 Å². The predicted molar refractivity (Wildman–Crippen MR) is 105 cm³/mol. The Morgan fingerprint density at radius 2 is 2.04 bits per heavy atom. The highest BCUT2D eigenvalue weighted by Crippen LogP contribution is 2.22. The third-order valence-electron chi connectivity index (χ3n) is 5.22. The molecule has 1 aliphatic rings. The molecule has 0 radical (unpaired) electrons. The highest BCUT2D eigenvalue weighted by molar-refractivity contribution is 5.79. The minimum Gasteiger partial charge on any atom is -0.357 e. The highest BCUT2D eigenvalue weighted by Gasteiger charge is 2.27. The number of carbonyl (C=O) groups is 1. The van der Waals surface area contributed by atoms with Gasteiger partial charge in [0.15, 0.2) is 0 Å². The Balaban J connectivity index is 1.74. The van der Waals surface area contributed by atoms with Crippen LogP contribution in [-0.2, 0) is 24.9 Å². The number of carbonyl (C=O) groups excluding carboxylic acids is 1. The van der Waals surface area contributed by atoms with Crippen molar-refractivity contribution in [2.45, 2.75) is 32.9 Å². The quantitative estimate of drug-likeness (QED) is 0.836. The number of benzene rings is 1. The standard InChI is InChI=1S/C20H25FN4O3/c1-3-25-17(11-18(26)23(2)20(25)28)24-10-6-8-15(13-24)19(27)22-12-14-7-4-5-9-16(14)21/h4-5,7,9,11,15H,3,6,8,10,12-13H2,1-2H3,(H,22,27)/t15-/m1/s1. The smallest absolute Gasteiger partial charge is 0.332 e. The minimum absolute atomic E-state index is 0.132. The molecule has 1 aromatic carbocycles. The lowest BCUT2D eigenvalue weighted by atomic mass is 9.97. The molecule has 1 saturated heterocycles. The number of anilines is 1. The van der Waals surface area contributed by atoms with Crippen LogP contribution in [0.15, 0.2) is 39.9 Å². The monoisotopic (exact) mass is 388 g/mol.